The maximum atomic E-state index is 14.9. The maximum Gasteiger partial charge on any atom is 0.530 e. The van der Waals surface area contributed by atoms with Crippen LogP contribution in [0.2, 0.25) is 5.02 Å². The fraction of sp³-hybridized carbons (Fsp3) is 0.600. The van der Waals surface area contributed by atoms with Gasteiger partial charge in [0, 0.05) is 7.11 Å². The molecule has 360 valence electrons. The molecule has 5 rings (SSSR count). The Kier molecular flexibility index (Phi) is 21.5. The van der Waals surface area contributed by atoms with Gasteiger partial charge in [-0.1, -0.05) is 146 Å². The average Bonchev–Trinajstić information content (AvgIpc) is 3.90. The molecule has 0 radical (unpaired) electrons. The van der Waals surface area contributed by atoms with Crippen molar-refractivity contribution in [2.24, 2.45) is 0 Å². The third-order valence-corrected chi connectivity index (χ3v) is 13.6. The van der Waals surface area contributed by atoms with Crippen LogP contribution in [-0.2, 0) is 27.8 Å². The molecule has 0 bridgehead atoms. The van der Waals surface area contributed by atoms with Crippen LogP contribution in [0, 0.1) is 22.7 Å². The molecule has 2 aromatic heterocycles. The molecule has 1 saturated heterocycles. The van der Waals surface area contributed by atoms with Crippen LogP contribution in [0.1, 0.15) is 160 Å². The zero-order chi connectivity index (χ0) is 47.3. The second-order valence-electron chi connectivity index (χ2n) is 17.6. The summed E-state index contributed by atoms with van der Waals surface area (Å²) < 4.78 is 59.6. The van der Waals surface area contributed by atoms with Crippen LogP contribution in [-0.4, -0.2) is 58.5 Å². The largest absolute Gasteiger partial charge is 0.530 e. The van der Waals surface area contributed by atoms with Gasteiger partial charge in [0.1, 0.15) is 54.3 Å². The lowest BCUT2D eigenvalue weighted by atomic mass is 9.93. The van der Waals surface area contributed by atoms with E-state index in [4.69, 9.17) is 49.9 Å². The van der Waals surface area contributed by atoms with E-state index in [2.05, 4.69) is 29.1 Å². The number of nitrogens with zero attached hydrogens (tertiary/aromatic N) is 5. The van der Waals surface area contributed by atoms with Crippen molar-refractivity contribution in [2.45, 2.75) is 172 Å². The molecule has 0 amide bonds. The van der Waals surface area contributed by atoms with E-state index in [1.807, 2.05) is 0 Å². The van der Waals surface area contributed by atoms with Gasteiger partial charge in [0.25, 0.3) is 0 Å². The molecule has 66 heavy (non-hydrogen) atoms. The molecular weight excluding hydrogens is 879 g/mol. The minimum atomic E-state index is -4.63. The van der Waals surface area contributed by atoms with Crippen LogP contribution in [0.25, 0.3) is 5.52 Å². The number of halogens is 1. The van der Waals surface area contributed by atoms with Gasteiger partial charge in [-0.2, -0.15) is 15.6 Å². The number of nitrogens with two attached hydrogens (primary N) is 1. The molecule has 5 atom stereocenters. The van der Waals surface area contributed by atoms with Crippen LogP contribution in [0.15, 0.2) is 67.0 Å². The van der Waals surface area contributed by atoms with E-state index in [-0.39, 0.29) is 23.2 Å². The second kappa shape index (κ2) is 26.9. The first kappa shape index (κ1) is 52.7. The molecule has 2 N–H and O–H groups in total. The van der Waals surface area contributed by atoms with E-state index < -0.39 is 44.1 Å². The van der Waals surface area contributed by atoms with Crippen molar-refractivity contribution in [3.63, 3.8) is 0 Å². The van der Waals surface area contributed by atoms with Crippen LogP contribution in [0.4, 0.5) is 5.82 Å². The summed E-state index contributed by atoms with van der Waals surface area (Å²) in [6.45, 7) is 4.82. The smallest absolute Gasteiger partial charge is 0.488 e. The number of hydrogen-bond acceptors (Lipinski definition) is 13. The number of hydrogen-bond donors (Lipinski definition) is 1. The van der Waals surface area contributed by atoms with Crippen molar-refractivity contribution >= 4 is 30.8 Å². The number of methoxy groups -OCH3 is 1. The van der Waals surface area contributed by atoms with Crippen LogP contribution in [0.5, 0.6) is 11.5 Å². The molecule has 16 heteroatoms. The van der Waals surface area contributed by atoms with E-state index >= 15 is 0 Å². The average molecular weight is 950 g/mol. The minimum absolute atomic E-state index is 0.0431. The highest BCUT2D eigenvalue weighted by atomic mass is 35.5. The first-order valence-electron chi connectivity index (χ1n) is 23.9. The first-order valence-corrected chi connectivity index (χ1v) is 25.7. The summed E-state index contributed by atoms with van der Waals surface area (Å²) in [6, 6.07) is 21.2. The topological polar surface area (TPSA) is 185 Å². The standard InChI is InChI=1S/C50H70ClN6O8P/c1-5-6-7-8-9-10-11-12-13-14-15-16-17-18-19-20-21-22-27-41(62-40-28-25-26-39(33-40)34-52)35-60-66(58,65-45-30-24-23-29-42(45)51)61-37-50(36-53,59-4)47-46(63-49(2,3)64-47)43-31-32-44-48(54)55-38-56-57(43)44/h23-26,28-33,38,41,46-47H,5-22,27,35,37H2,1-4H3,(H2,54,55,56)/t41-,46+,47+,50-,66?/m1/s1. The monoisotopic (exact) mass is 948 g/mol. The molecule has 3 heterocycles. The Morgan fingerprint density at radius 1 is 0.864 bits per heavy atom. The fourth-order valence-corrected chi connectivity index (χ4v) is 9.77. The number of ether oxygens (including phenoxy) is 4. The summed E-state index contributed by atoms with van der Waals surface area (Å²) in [4.78, 5) is 4.08. The number of nitriles is 2. The molecule has 14 nitrogen and oxygen atoms in total. The van der Waals surface area contributed by atoms with Gasteiger partial charge in [-0.15, -0.1) is 0 Å². The van der Waals surface area contributed by atoms with E-state index in [1.54, 1.807) is 73.0 Å². The van der Waals surface area contributed by atoms with Crippen molar-refractivity contribution in [1.29, 1.82) is 10.5 Å². The highest BCUT2D eigenvalue weighted by Gasteiger charge is 2.56. The summed E-state index contributed by atoms with van der Waals surface area (Å²) in [5.74, 6) is -0.427. The van der Waals surface area contributed by atoms with Crippen molar-refractivity contribution < 1.29 is 37.1 Å². The van der Waals surface area contributed by atoms with Gasteiger partial charge in [0.05, 0.1) is 29.0 Å². The molecule has 1 unspecified atom stereocenters. The van der Waals surface area contributed by atoms with Crippen molar-refractivity contribution in [1.82, 2.24) is 14.6 Å². The number of fused-ring (bicyclic) bond motifs is 1. The summed E-state index contributed by atoms with van der Waals surface area (Å²) in [7, 11) is -3.30. The Morgan fingerprint density at radius 3 is 2.11 bits per heavy atom. The highest BCUT2D eigenvalue weighted by molar-refractivity contribution is 7.49. The molecule has 2 aromatic carbocycles. The maximum absolute atomic E-state index is 14.9. The Bertz CT molecular complexity index is 2210. The Labute approximate surface area is 397 Å². The van der Waals surface area contributed by atoms with Gasteiger partial charge in [-0.3, -0.25) is 9.05 Å². The van der Waals surface area contributed by atoms with Crippen molar-refractivity contribution in [2.75, 3.05) is 26.1 Å². The number of anilines is 1. The number of benzene rings is 2. The number of nitrogen functional groups attached to an aromatic ring is 1. The van der Waals surface area contributed by atoms with Crippen LogP contribution >= 0.6 is 19.4 Å². The Hall–Kier alpha value is -4.24. The summed E-state index contributed by atoms with van der Waals surface area (Å²) in [5.41, 5.74) is 5.68. The van der Waals surface area contributed by atoms with E-state index in [1.165, 1.54) is 109 Å². The lowest BCUT2D eigenvalue weighted by Crippen LogP contribution is -2.50. The normalized spacial score (nSPS) is 18.0. The Morgan fingerprint density at radius 2 is 1.50 bits per heavy atom. The lowest BCUT2D eigenvalue weighted by Gasteiger charge is -2.33. The van der Waals surface area contributed by atoms with Gasteiger partial charge < -0.3 is 29.2 Å². The van der Waals surface area contributed by atoms with E-state index in [0.29, 0.717) is 28.9 Å². The van der Waals surface area contributed by atoms with E-state index in [0.717, 1.165) is 25.7 Å². The third kappa shape index (κ3) is 15.9. The predicted octanol–water partition coefficient (Wildman–Crippen LogP) is 13.0. The second-order valence-corrected chi connectivity index (χ2v) is 19.6. The van der Waals surface area contributed by atoms with Crippen LogP contribution < -0.4 is 15.0 Å². The molecular formula is C50H70ClN6O8P. The number of phosphoric acid groups is 1. The van der Waals surface area contributed by atoms with Crippen molar-refractivity contribution in [3.05, 3.63) is 83.3 Å². The molecule has 4 aromatic rings. The quantitative estimate of drug-likeness (QED) is 0.0360. The predicted molar refractivity (Wildman–Crippen MR) is 256 cm³/mol. The molecule has 0 spiro atoms. The first-order chi connectivity index (χ1) is 31.9. The van der Waals surface area contributed by atoms with Gasteiger partial charge in [-0.25, -0.2) is 14.1 Å². The number of unbranched alkanes of at least 4 members (excludes halogenated alkanes) is 17. The minimum Gasteiger partial charge on any atom is -0.488 e. The third-order valence-electron chi connectivity index (χ3n) is 12.0. The van der Waals surface area contributed by atoms with Gasteiger partial charge in [0.15, 0.2) is 11.6 Å². The van der Waals surface area contributed by atoms with Gasteiger partial charge in [0.2, 0.25) is 5.60 Å². The molecule has 1 aliphatic rings. The molecule has 1 aliphatic heterocycles. The Balaban J connectivity index is 1.21. The SMILES string of the molecule is CCCCCCCCCCCCCCCCCCCC[C@H](COP(=O)(OC[C@@](C#N)(OC)[C@H]1OC(C)(C)O[C@H]1c1ccc2c(N)ncnn12)Oc1ccccc1Cl)Oc1cccc(C#N)c1. The summed E-state index contributed by atoms with van der Waals surface area (Å²) in [5, 5.41) is 24.9. The van der Waals surface area contributed by atoms with Crippen LogP contribution in [0.3, 0.4) is 0 Å². The van der Waals surface area contributed by atoms with E-state index in [9.17, 15) is 15.1 Å². The zero-order valence-corrected chi connectivity index (χ0v) is 41.0. The molecule has 1 fully saturated rings. The lowest BCUT2D eigenvalue weighted by molar-refractivity contribution is -0.171. The highest BCUT2D eigenvalue weighted by Crippen LogP contribution is 2.53. The number of phosphoric ester groups is 1. The zero-order valence-electron chi connectivity index (χ0n) is 39.3. The number of para-hydroxylation sites is 1. The number of aromatic nitrogens is 3. The summed E-state index contributed by atoms with van der Waals surface area (Å²) >= 11 is 6.49. The number of rotatable bonds is 32. The molecule has 0 aliphatic carbocycles. The van der Waals surface area contributed by atoms with Crippen molar-refractivity contribution in [3.8, 4) is 23.6 Å². The summed E-state index contributed by atoms with van der Waals surface area (Å²) in [6.07, 6.45) is 22.0. The van der Waals surface area contributed by atoms with Gasteiger partial charge >= 0.3 is 7.82 Å². The molecule has 0 saturated carbocycles. The fourth-order valence-electron chi connectivity index (χ4n) is 8.27. The van der Waals surface area contributed by atoms with Gasteiger partial charge in [-0.05, 0) is 69.2 Å².